The summed E-state index contributed by atoms with van der Waals surface area (Å²) in [4.78, 5) is 0.224. The van der Waals surface area contributed by atoms with E-state index in [4.69, 9.17) is 0 Å². The SMILES string of the molecule is C[C@@H](CC1CCCCC1)NCc1ccccc1NS(=O)(=O)c1ccc(-n2cccn2)cc1. The van der Waals surface area contributed by atoms with Gasteiger partial charge in [-0.05, 0) is 61.2 Å². The number of sulfonamides is 1. The molecule has 0 radical (unpaired) electrons. The third-order valence-corrected chi connectivity index (χ3v) is 7.61. The first-order valence-corrected chi connectivity index (χ1v) is 12.9. The van der Waals surface area contributed by atoms with E-state index in [1.807, 2.05) is 36.5 Å². The van der Waals surface area contributed by atoms with E-state index in [1.54, 1.807) is 35.1 Å². The molecular weight excluding hydrogens is 420 g/mol. The second kappa shape index (κ2) is 10.3. The molecule has 2 aromatic carbocycles. The van der Waals surface area contributed by atoms with Crippen LogP contribution in [0, 0.1) is 5.92 Å². The largest absolute Gasteiger partial charge is 0.310 e. The maximum absolute atomic E-state index is 13.0. The van der Waals surface area contributed by atoms with Gasteiger partial charge in [-0.15, -0.1) is 0 Å². The second-order valence-electron chi connectivity index (χ2n) is 8.73. The van der Waals surface area contributed by atoms with Crippen LogP contribution >= 0.6 is 0 Å². The first kappa shape index (κ1) is 22.6. The molecule has 0 aliphatic heterocycles. The highest BCUT2D eigenvalue weighted by Crippen LogP contribution is 2.27. The molecule has 0 spiro atoms. The van der Waals surface area contributed by atoms with Crippen molar-refractivity contribution >= 4 is 15.7 Å². The molecule has 0 bridgehead atoms. The summed E-state index contributed by atoms with van der Waals surface area (Å²) in [5, 5.41) is 7.76. The van der Waals surface area contributed by atoms with E-state index >= 15 is 0 Å². The fourth-order valence-electron chi connectivity index (χ4n) is 4.47. The Kier molecular flexibility index (Phi) is 7.27. The van der Waals surface area contributed by atoms with Crippen molar-refractivity contribution in [2.24, 2.45) is 5.92 Å². The molecule has 1 fully saturated rings. The minimum atomic E-state index is -3.69. The van der Waals surface area contributed by atoms with E-state index in [0.717, 1.165) is 17.2 Å². The summed E-state index contributed by atoms with van der Waals surface area (Å²) in [6.07, 6.45) is 11.4. The molecule has 0 saturated heterocycles. The Labute approximate surface area is 191 Å². The topological polar surface area (TPSA) is 76.0 Å². The fourth-order valence-corrected chi connectivity index (χ4v) is 5.57. The molecule has 1 heterocycles. The summed E-state index contributed by atoms with van der Waals surface area (Å²) in [5.41, 5.74) is 2.37. The highest BCUT2D eigenvalue weighted by molar-refractivity contribution is 7.92. The monoisotopic (exact) mass is 452 g/mol. The van der Waals surface area contributed by atoms with Crippen molar-refractivity contribution in [2.75, 3.05) is 4.72 Å². The minimum absolute atomic E-state index is 0.224. The van der Waals surface area contributed by atoms with Crippen molar-refractivity contribution in [3.8, 4) is 5.69 Å². The second-order valence-corrected chi connectivity index (χ2v) is 10.4. The van der Waals surface area contributed by atoms with Gasteiger partial charge in [-0.3, -0.25) is 4.72 Å². The van der Waals surface area contributed by atoms with Gasteiger partial charge in [-0.2, -0.15) is 5.10 Å². The molecule has 1 aromatic heterocycles. The molecule has 1 saturated carbocycles. The lowest BCUT2D eigenvalue weighted by Gasteiger charge is -2.25. The number of nitrogens with one attached hydrogen (secondary N) is 2. The van der Waals surface area contributed by atoms with Gasteiger partial charge in [0.1, 0.15) is 0 Å². The Morgan fingerprint density at radius 2 is 1.78 bits per heavy atom. The Balaban J connectivity index is 1.40. The molecule has 2 N–H and O–H groups in total. The lowest BCUT2D eigenvalue weighted by molar-refractivity contribution is 0.305. The summed E-state index contributed by atoms with van der Waals surface area (Å²) in [6, 6.07) is 16.5. The smallest absolute Gasteiger partial charge is 0.261 e. The number of nitrogens with zero attached hydrogens (tertiary/aromatic N) is 2. The number of anilines is 1. The Morgan fingerprint density at radius 1 is 1.03 bits per heavy atom. The van der Waals surface area contributed by atoms with Crippen molar-refractivity contribution in [3.05, 3.63) is 72.6 Å². The van der Waals surface area contributed by atoms with E-state index in [-0.39, 0.29) is 4.90 Å². The van der Waals surface area contributed by atoms with Crippen LogP contribution in [0.3, 0.4) is 0 Å². The van der Waals surface area contributed by atoms with E-state index in [0.29, 0.717) is 18.3 Å². The first-order chi connectivity index (χ1) is 15.5. The summed E-state index contributed by atoms with van der Waals surface area (Å²) >= 11 is 0. The fraction of sp³-hybridized carbons (Fsp3) is 0.400. The van der Waals surface area contributed by atoms with Crippen LogP contribution in [0.5, 0.6) is 0 Å². The van der Waals surface area contributed by atoms with Gasteiger partial charge in [0.2, 0.25) is 0 Å². The normalized spacial score (nSPS) is 16.0. The lowest BCUT2D eigenvalue weighted by Crippen LogP contribution is -2.29. The third-order valence-electron chi connectivity index (χ3n) is 6.23. The van der Waals surface area contributed by atoms with Crippen LogP contribution in [0.4, 0.5) is 5.69 Å². The average Bonchev–Trinajstić information content (AvgIpc) is 3.34. The predicted molar refractivity (Wildman–Crippen MR) is 128 cm³/mol. The molecule has 0 amide bonds. The van der Waals surface area contributed by atoms with Gasteiger partial charge in [-0.25, -0.2) is 13.1 Å². The lowest BCUT2D eigenvalue weighted by atomic mass is 9.85. The highest BCUT2D eigenvalue weighted by Gasteiger charge is 2.18. The van der Waals surface area contributed by atoms with Crippen molar-refractivity contribution in [2.45, 2.75) is 62.9 Å². The Morgan fingerprint density at radius 3 is 2.50 bits per heavy atom. The predicted octanol–water partition coefficient (Wildman–Crippen LogP) is 5.12. The van der Waals surface area contributed by atoms with E-state index in [9.17, 15) is 8.42 Å². The molecule has 3 aromatic rings. The molecule has 170 valence electrons. The van der Waals surface area contributed by atoms with Crippen LogP contribution in [-0.4, -0.2) is 24.2 Å². The third kappa shape index (κ3) is 5.78. The number of para-hydroxylation sites is 1. The quantitative estimate of drug-likeness (QED) is 0.472. The molecule has 1 aliphatic rings. The van der Waals surface area contributed by atoms with Crippen molar-refractivity contribution in [1.82, 2.24) is 15.1 Å². The number of benzene rings is 2. The van der Waals surface area contributed by atoms with Crippen LogP contribution in [0.25, 0.3) is 5.69 Å². The Hall–Kier alpha value is -2.64. The minimum Gasteiger partial charge on any atom is -0.310 e. The standard InChI is InChI=1S/C25H32N4O2S/c1-20(18-21-8-3-2-4-9-21)26-19-22-10-5-6-11-25(22)28-32(30,31)24-14-12-23(13-15-24)29-17-7-16-27-29/h5-7,10-17,20-21,26,28H,2-4,8-9,18-19H2,1H3/t20-/m0/s1. The number of hydrogen-bond donors (Lipinski definition) is 2. The summed E-state index contributed by atoms with van der Waals surface area (Å²) < 4.78 is 30.5. The highest BCUT2D eigenvalue weighted by atomic mass is 32.2. The van der Waals surface area contributed by atoms with Crippen molar-refractivity contribution in [1.29, 1.82) is 0 Å². The maximum Gasteiger partial charge on any atom is 0.261 e. The van der Waals surface area contributed by atoms with Gasteiger partial charge >= 0.3 is 0 Å². The van der Waals surface area contributed by atoms with E-state index in [1.165, 1.54) is 38.5 Å². The summed E-state index contributed by atoms with van der Waals surface area (Å²) in [5.74, 6) is 0.810. The van der Waals surface area contributed by atoms with Crippen molar-refractivity contribution in [3.63, 3.8) is 0 Å². The van der Waals surface area contributed by atoms with Crippen LogP contribution in [0.1, 0.15) is 51.0 Å². The average molecular weight is 453 g/mol. The molecule has 32 heavy (non-hydrogen) atoms. The molecule has 7 heteroatoms. The summed E-state index contributed by atoms with van der Waals surface area (Å²) in [7, 11) is -3.69. The molecule has 1 aliphatic carbocycles. The van der Waals surface area contributed by atoms with Gasteiger partial charge in [-0.1, -0.05) is 50.3 Å². The van der Waals surface area contributed by atoms with Crippen molar-refractivity contribution < 1.29 is 8.42 Å². The molecule has 6 nitrogen and oxygen atoms in total. The summed E-state index contributed by atoms with van der Waals surface area (Å²) in [6.45, 7) is 2.85. The first-order valence-electron chi connectivity index (χ1n) is 11.5. The zero-order valence-electron chi connectivity index (χ0n) is 18.6. The van der Waals surface area contributed by atoms with Gasteiger partial charge in [0.25, 0.3) is 10.0 Å². The zero-order chi connectivity index (χ0) is 22.4. The Bertz CT molecular complexity index is 1090. The van der Waals surface area contributed by atoms with Crippen LogP contribution < -0.4 is 10.0 Å². The van der Waals surface area contributed by atoms with Crippen LogP contribution in [-0.2, 0) is 16.6 Å². The van der Waals surface area contributed by atoms with Gasteiger partial charge < -0.3 is 5.32 Å². The van der Waals surface area contributed by atoms with Gasteiger partial charge in [0, 0.05) is 25.0 Å². The van der Waals surface area contributed by atoms with Crippen LogP contribution in [0.15, 0.2) is 71.9 Å². The molecule has 1 atom stereocenters. The molecule has 4 rings (SSSR count). The maximum atomic E-state index is 13.0. The van der Waals surface area contributed by atoms with Gasteiger partial charge in [0.15, 0.2) is 0 Å². The van der Waals surface area contributed by atoms with E-state index in [2.05, 4.69) is 22.1 Å². The van der Waals surface area contributed by atoms with Crippen LogP contribution in [0.2, 0.25) is 0 Å². The zero-order valence-corrected chi connectivity index (χ0v) is 19.4. The molecule has 0 unspecified atom stereocenters. The molecular formula is C25H32N4O2S. The number of aromatic nitrogens is 2. The van der Waals surface area contributed by atoms with E-state index < -0.39 is 10.0 Å². The number of hydrogen-bond acceptors (Lipinski definition) is 4. The van der Waals surface area contributed by atoms with Gasteiger partial charge in [0.05, 0.1) is 16.3 Å². The number of rotatable bonds is 9.